The Morgan fingerprint density at radius 1 is 1.33 bits per heavy atom. The number of hydrogen-bond donors (Lipinski definition) is 2. The van der Waals surface area contributed by atoms with Gasteiger partial charge in [-0.3, -0.25) is 14.4 Å². The molecule has 0 bridgehead atoms. The van der Waals surface area contributed by atoms with Crippen LogP contribution in [-0.2, 0) is 16.0 Å². The van der Waals surface area contributed by atoms with E-state index < -0.39 is 5.97 Å². The Hall–Kier alpha value is -2.37. The summed E-state index contributed by atoms with van der Waals surface area (Å²) < 4.78 is 0. The van der Waals surface area contributed by atoms with Crippen molar-refractivity contribution in [3.63, 3.8) is 0 Å². The van der Waals surface area contributed by atoms with Crippen molar-refractivity contribution >= 4 is 23.5 Å². The Morgan fingerprint density at radius 2 is 2.10 bits per heavy atom. The predicted octanol–water partition coefficient (Wildman–Crippen LogP) is 1.26. The fraction of sp³-hybridized carbons (Fsp3) is 0.400. The molecule has 1 heterocycles. The molecule has 0 aromatic heterocycles. The maximum absolute atomic E-state index is 12.5. The number of carboxylic acid groups (broad SMARTS) is 1. The SMILES string of the molecule is O=C(O)CCN(C(=O)c1ccc2c(c1)CC(=O)N2)C1CC1. The summed E-state index contributed by atoms with van der Waals surface area (Å²) in [4.78, 5) is 36.2. The minimum absolute atomic E-state index is 0.0484. The van der Waals surface area contributed by atoms with Crippen LogP contribution < -0.4 is 5.32 Å². The molecule has 1 fully saturated rings. The van der Waals surface area contributed by atoms with Crippen LogP contribution >= 0.6 is 0 Å². The number of anilines is 1. The summed E-state index contributed by atoms with van der Waals surface area (Å²) in [6.45, 7) is 0.229. The number of rotatable bonds is 5. The summed E-state index contributed by atoms with van der Waals surface area (Å²) >= 11 is 0. The van der Waals surface area contributed by atoms with Crippen LogP contribution in [0.1, 0.15) is 35.2 Å². The van der Waals surface area contributed by atoms with E-state index in [1.165, 1.54) is 0 Å². The number of fused-ring (bicyclic) bond motifs is 1. The minimum Gasteiger partial charge on any atom is -0.481 e. The van der Waals surface area contributed by atoms with Crippen molar-refractivity contribution in [1.82, 2.24) is 4.90 Å². The zero-order valence-electron chi connectivity index (χ0n) is 11.5. The third-order valence-electron chi connectivity index (χ3n) is 3.79. The monoisotopic (exact) mass is 288 g/mol. The minimum atomic E-state index is -0.905. The van der Waals surface area contributed by atoms with Crippen molar-refractivity contribution < 1.29 is 19.5 Å². The van der Waals surface area contributed by atoms with E-state index in [2.05, 4.69) is 5.32 Å². The van der Waals surface area contributed by atoms with Crippen molar-refractivity contribution in [2.45, 2.75) is 31.7 Å². The molecular formula is C15H16N2O4. The van der Waals surface area contributed by atoms with E-state index in [-0.39, 0.29) is 37.2 Å². The Balaban J connectivity index is 1.78. The lowest BCUT2D eigenvalue weighted by atomic mass is 10.1. The molecule has 1 saturated carbocycles. The van der Waals surface area contributed by atoms with Gasteiger partial charge in [0.15, 0.2) is 0 Å². The molecule has 1 aromatic carbocycles. The van der Waals surface area contributed by atoms with Crippen LogP contribution in [0.4, 0.5) is 5.69 Å². The first-order valence-corrected chi connectivity index (χ1v) is 7.00. The Labute approximate surface area is 121 Å². The van der Waals surface area contributed by atoms with Gasteiger partial charge in [0.2, 0.25) is 5.91 Å². The molecule has 6 heteroatoms. The van der Waals surface area contributed by atoms with Gasteiger partial charge in [0.1, 0.15) is 0 Å². The largest absolute Gasteiger partial charge is 0.481 e. The van der Waals surface area contributed by atoms with Crippen molar-refractivity contribution in [2.24, 2.45) is 0 Å². The van der Waals surface area contributed by atoms with Crippen LogP contribution in [0.3, 0.4) is 0 Å². The molecular weight excluding hydrogens is 272 g/mol. The highest BCUT2D eigenvalue weighted by atomic mass is 16.4. The highest BCUT2D eigenvalue weighted by Gasteiger charge is 2.33. The van der Waals surface area contributed by atoms with Crippen molar-refractivity contribution in [2.75, 3.05) is 11.9 Å². The molecule has 110 valence electrons. The fourth-order valence-electron chi connectivity index (χ4n) is 2.58. The lowest BCUT2D eigenvalue weighted by molar-refractivity contribution is -0.137. The van der Waals surface area contributed by atoms with Gasteiger partial charge in [0.25, 0.3) is 5.91 Å². The summed E-state index contributed by atoms with van der Waals surface area (Å²) in [5.74, 6) is -1.13. The second-order valence-electron chi connectivity index (χ2n) is 5.47. The molecule has 2 amide bonds. The molecule has 2 aliphatic rings. The molecule has 0 radical (unpaired) electrons. The van der Waals surface area contributed by atoms with Gasteiger partial charge in [-0.15, -0.1) is 0 Å². The highest BCUT2D eigenvalue weighted by molar-refractivity contribution is 6.01. The molecule has 3 rings (SSSR count). The van der Waals surface area contributed by atoms with Crippen LogP contribution in [0.15, 0.2) is 18.2 Å². The van der Waals surface area contributed by atoms with Crippen LogP contribution in [0.25, 0.3) is 0 Å². The number of amides is 2. The van der Waals surface area contributed by atoms with Gasteiger partial charge in [-0.1, -0.05) is 0 Å². The Kier molecular flexibility index (Phi) is 3.37. The first-order chi connectivity index (χ1) is 10.0. The first-order valence-electron chi connectivity index (χ1n) is 7.00. The number of benzene rings is 1. The smallest absolute Gasteiger partial charge is 0.305 e. The number of carbonyl (C=O) groups excluding carboxylic acids is 2. The van der Waals surface area contributed by atoms with E-state index in [0.29, 0.717) is 5.56 Å². The number of nitrogens with zero attached hydrogens (tertiary/aromatic N) is 1. The van der Waals surface area contributed by atoms with Gasteiger partial charge in [-0.2, -0.15) is 0 Å². The number of nitrogens with one attached hydrogen (secondary N) is 1. The standard InChI is InChI=1S/C15H16N2O4/c18-13-8-10-7-9(1-4-12(10)16-13)15(21)17(11-2-3-11)6-5-14(19)20/h1,4,7,11H,2-3,5-6,8H2,(H,16,18)(H,19,20). The van der Waals surface area contributed by atoms with Crippen molar-refractivity contribution in [1.29, 1.82) is 0 Å². The molecule has 0 saturated heterocycles. The van der Waals surface area contributed by atoms with E-state index in [4.69, 9.17) is 5.11 Å². The second kappa shape index (κ2) is 5.20. The van der Waals surface area contributed by atoms with Gasteiger partial charge in [-0.05, 0) is 36.6 Å². The van der Waals surface area contributed by atoms with E-state index in [0.717, 1.165) is 24.1 Å². The quantitative estimate of drug-likeness (QED) is 0.854. The summed E-state index contributed by atoms with van der Waals surface area (Å²) in [5.41, 5.74) is 2.09. The van der Waals surface area contributed by atoms with E-state index in [1.807, 2.05) is 0 Å². The molecule has 1 aliphatic carbocycles. The topological polar surface area (TPSA) is 86.7 Å². The second-order valence-corrected chi connectivity index (χ2v) is 5.47. The number of aliphatic carboxylic acids is 1. The lowest BCUT2D eigenvalue weighted by Crippen LogP contribution is -2.35. The molecule has 6 nitrogen and oxygen atoms in total. The van der Waals surface area contributed by atoms with Gasteiger partial charge in [0, 0.05) is 23.8 Å². The zero-order valence-corrected chi connectivity index (χ0v) is 11.5. The summed E-state index contributed by atoms with van der Waals surface area (Å²) in [7, 11) is 0. The molecule has 0 unspecified atom stereocenters. The summed E-state index contributed by atoms with van der Waals surface area (Å²) in [6, 6.07) is 5.30. The van der Waals surface area contributed by atoms with Crippen molar-refractivity contribution in [3.05, 3.63) is 29.3 Å². The van der Waals surface area contributed by atoms with Crippen LogP contribution in [0.2, 0.25) is 0 Å². The molecule has 1 aromatic rings. The Bertz CT molecular complexity index is 622. The molecule has 1 aliphatic heterocycles. The maximum atomic E-state index is 12.5. The highest BCUT2D eigenvalue weighted by Crippen LogP contribution is 2.30. The van der Waals surface area contributed by atoms with Gasteiger partial charge in [0.05, 0.1) is 12.8 Å². The maximum Gasteiger partial charge on any atom is 0.305 e. The average Bonchev–Trinajstić information content (AvgIpc) is 3.18. The van der Waals surface area contributed by atoms with E-state index in [9.17, 15) is 14.4 Å². The van der Waals surface area contributed by atoms with Crippen LogP contribution in [0.5, 0.6) is 0 Å². The fourth-order valence-corrected chi connectivity index (χ4v) is 2.58. The summed E-state index contributed by atoms with van der Waals surface area (Å²) in [5, 5.41) is 11.5. The lowest BCUT2D eigenvalue weighted by Gasteiger charge is -2.22. The molecule has 2 N–H and O–H groups in total. The summed E-state index contributed by atoms with van der Waals surface area (Å²) in [6.07, 6.45) is 2.09. The molecule has 21 heavy (non-hydrogen) atoms. The van der Waals surface area contributed by atoms with E-state index in [1.54, 1.807) is 23.1 Å². The predicted molar refractivity (Wildman–Crippen MR) is 75.1 cm³/mol. The number of carboxylic acids is 1. The molecule has 0 atom stereocenters. The van der Waals surface area contributed by atoms with Gasteiger partial charge >= 0.3 is 5.97 Å². The van der Waals surface area contributed by atoms with E-state index >= 15 is 0 Å². The number of hydrogen-bond acceptors (Lipinski definition) is 3. The normalized spacial score (nSPS) is 16.3. The zero-order chi connectivity index (χ0) is 15.0. The van der Waals surface area contributed by atoms with Crippen molar-refractivity contribution in [3.8, 4) is 0 Å². The first kappa shape index (κ1) is 13.6. The number of carbonyl (C=O) groups is 3. The average molecular weight is 288 g/mol. The Morgan fingerprint density at radius 3 is 2.76 bits per heavy atom. The van der Waals surface area contributed by atoms with Gasteiger partial charge < -0.3 is 15.3 Å². The van der Waals surface area contributed by atoms with Gasteiger partial charge in [-0.25, -0.2) is 0 Å². The van der Waals surface area contributed by atoms with Crippen LogP contribution in [0, 0.1) is 0 Å². The third-order valence-corrected chi connectivity index (χ3v) is 3.79. The molecule has 0 spiro atoms. The van der Waals surface area contributed by atoms with Crippen LogP contribution in [-0.4, -0.2) is 40.4 Å². The third kappa shape index (κ3) is 2.89.